The van der Waals surface area contributed by atoms with Crippen molar-refractivity contribution in [1.29, 1.82) is 0 Å². The Morgan fingerprint density at radius 2 is 2.20 bits per heavy atom. The van der Waals surface area contributed by atoms with Gasteiger partial charge >= 0.3 is 0 Å². The molecule has 1 heterocycles. The van der Waals surface area contributed by atoms with Crippen LogP contribution in [0.15, 0.2) is 24.3 Å². The van der Waals surface area contributed by atoms with E-state index in [1.807, 2.05) is 19.2 Å². The fourth-order valence-corrected chi connectivity index (χ4v) is 2.76. The second-order valence-electron chi connectivity index (χ2n) is 5.41. The molecule has 20 heavy (non-hydrogen) atoms. The van der Waals surface area contributed by atoms with Gasteiger partial charge in [-0.15, -0.1) is 0 Å². The van der Waals surface area contributed by atoms with E-state index in [9.17, 15) is 4.79 Å². The minimum atomic E-state index is 0.0170. The predicted octanol–water partition coefficient (Wildman–Crippen LogP) is 1.49. The molecule has 2 rings (SSSR count). The summed E-state index contributed by atoms with van der Waals surface area (Å²) in [5, 5.41) is 0. The van der Waals surface area contributed by atoms with Crippen LogP contribution in [0, 0.1) is 0 Å². The molecule has 1 fully saturated rings. The molecule has 1 aliphatic heterocycles. The van der Waals surface area contributed by atoms with Gasteiger partial charge in [-0.25, -0.2) is 0 Å². The van der Waals surface area contributed by atoms with Gasteiger partial charge in [0.1, 0.15) is 4.99 Å². The van der Waals surface area contributed by atoms with E-state index in [0.717, 1.165) is 25.1 Å². The van der Waals surface area contributed by atoms with E-state index in [1.165, 1.54) is 6.42 Å². The average Bonchev–Trinajstić information content (AvgIpc) is 2.83. The molecule has 0 radical (unpaired) electrons. The third kappa shape index (κ3) is 3.35. The maximum atomic E-state index is 12.4. The molecular formula is C15H21N3OS. The fourth-order valence-electron chi connectivity index (χ4n) is 2.63. The van der Waals surface area contributed by atoms with Crippen LogP contribution >= 0.6 is 12.2 Å². The number of carbonyl (C=O) groups is 1. The Morgan fingerprint density at radius 1 is 1.50 bits per heavy atom. The van der Waals surface area contributed by atoms with Crippen LogP contribution in [-0.4, -0.2) is 53.9 Å². The van der Waals surface area contributed by atoms with Crippen LogP contribution < -0.4 is 5.73 Å². The zero-order valence-corrected chi connectivity index (χ0v) is 12.8. The van der Waals surface area contributed by atoms with Crippen molar-refractivity contribution in [2.24, 2.45) is 5.73 Å². The maximum absolute atomic E-state index is 12.4. The monoisotopic (exact) mass is 291 g/mol. The first-order valence-corrected chi connectivity index (χ1v) is 7.25. The van der Waals surface area contributed by atoms with Crippen molar-refractivity contribution in [3.05, 3.63) is 35.4 Å². The van der Waals surface area contributed by atoms with Crippen LogP contribution in [-0.2, 0) is 0 Å². The van der Waals surface area contributed by atoms with E-state index in [2.05, 4.69) is 11.9 Å². The highest BCUT2D eigenvalue weighted by atomic mass is 32.1. The van der Waals surface area contributed by atoms with Crippen molar-refractivity contribution in [3.63, 3.8) is 0 Å². The largest absolute Gasteiger partial charge is 0.389 e. The molecule has 2 N–H and O–H groups in total. The Bertz CT molecular complexity index is 518. The number of likely N-dealkylation sites (tertiary alicyclic amines) is 1. The van der Waals surface area contributed by atoms with Gasteiger partial charge in [-0.2, -0.15) is 0 Å². The van der Waals surface area contributed by atoms with Crippen LogP contribution in [0.25, 0.3) is 0 Å². The first-order chi connectivity index (χ1) is 9.49. The van der Waals surface area contributed by atoms with Gasteiger partial charge in [-0.1, -0.05) is 24.4 Å². The van der Waals surface area contributed by atoms with Gasteiger partial charge in [0.05, 0.1) is 0 Å². The summed E-state index contributed by atoms with van der Waals surface area (Å²) in [6.45, 7) is 1.87. The van der Waals surface area contributed by atoms with Crippen molar-refractivity contribution in [1.82, 2.24) is 9.80 Å². The lowest BCUT2D eigenvalue weighted by Crippen LogP contribution is -2.39. The first-order valence-electron chi connectivity index (χ1n) is 6.84. The van der Waals surface area contributed by atoms with Gasteiger partial charge in [0, 0.05) is 30.8 Å². The number of hydrogen-bond donors (Lipinski definition) is 1. The number of amides is 1. The van der Waals surface area contributed by atoms with Crippen LogP contribution in [0.4, 0.5) is 0 Å². The zero-order valence-electron chi connectivity index (χ0n) is 12.0. The number of nitrogens with zero attached hydrogens (tertiary/aromatic N) is 2. The van der Waals surface area contributed by atoms with Crippen molar-refractivity contribution in [3.8, 4) is 0 Å². The van der Waals surface area contributed by atoms with Gasteiger partial charge < -0.3 is 15.5 Å². The third-order valence-electron chi connectivity index (χ3n) is 3.90. The lowest BCUT2D eigenvalue weighted by Gasteiger charge is -2.26. The van der Waals surface area contributed by atoms with Crippen LogP contribution in [0.5, 0.6) is 0 Å². The lowest BCUT2D eigenvalue weighted by atomic mass is 10.1. The first kappa shape index (κ1) is 14.9. The Labute approximate surface area is 125 Å². The second kappa shape index (κ2) is 6.33. The Kier molecular flexibility index (Phi) is 4.73. The Balaban J connectivity index is 2.06. The minimum absolute atomic E-state index is 0.0170. The molecule has 0 spiro atoms. The third-order valence-corrected chi connectivity index (χ3v) is 4.13. The molecule has 5 heteroatoms. The molecule has 108 valence electrons. The molecule has 1 saturated heterocycles. The van der Waals surface area contributed by atoms with E-state index < -0.39 is 0 Å². The van der Waals surface area contributed by atoms with Crippen LogP contribution in [0.1, 0.15) is 28.8 Å². The molecule has 0 aromatic heterocycles. The van der Waals surface area contributed by atoms with Crippen molar-refractivity contribution in [2.75, 3.05) is 27.2 Å². The summed E-state index contributed by atoms with van der Waals surface area (Å²) in [4.78, 5) is 16.9. The number of nitrogens with two attached hydrogens (primary N) is 1. The molecule has 1 amide bonds. The number of hydrogen-bond acceptors (Lipinski definition) is 3. The molecule has 1 aliphatic rings. The summed E-state index contributed by atoms with van der Waals surface area (Å²) < 4.78 is 0. The molecule has 1 atom stereocenters. The topological polar surface area (TPSA) is 49.6 Å². The molecule has 0 bridgehead atoms. The van der Waals surface area contributed by atoms with Crippen molar-refractivity contribution in [2.45, 2.75) is 18.9 Å². The molecule has 4 nitrogen and oxygen atoms in total. The van der Waals surface area contributed by atoms with Gasteiger partial charge in [0.2, 0.25) is 0 Å². The predicted molar refractivity (Wildman–Crippen MR) is 84.9 cm³/mol. The number of likely N-dealkylation sites (N-methyl/N-ethyl adjacent to an activating group) is 2. The molecule has 0 saturated carbocycles. The molecule has 1 unspecified atom stereocenters. The molecular weight excluding hydrogens is 270 g/mol. The number of carbonyl (C=O) groups excluding carboxylic acids is 1. The van der Waals surface area contributed by atoms with Crippen molar-refractivity contribution >= 4 is 23.1 Å². The highest BCUT2D eigenvalue weighted by molar-refractivity contribution is 7.80. The molecule has 1 aromatic rings. The van der Waals surface area contributed by atoms with Gasteiger partial charge in [0.25, 0.3) is 5.91 Å². The van der Waals surface area contributed by atoms with Gasteiger partial charge in [-0.3, -0.25) is 4.79 Å². The zero-order chi connectivity index (χ0) is 14.7. The van der Waals surface area contributed by atoms with Gasteiger partial charge in [0.15, 0.2) is 0 Å². The summed E-state index contributed by atoms with van der Waals surface area (Å²) in [7, 11) is 3.96. The Morgan fingerprint density at radius 3 is 2.80 bits per heavy atom. The number of thiocarbonyl (C=S) groups is 1. The number of rotatable bonds is 4. The summed E-state index contributed by atoms with van der Waals surface area (Å²) in [6.07, 6.45) is 2.36. The Hall–Kier alpha value is -1.46. The van der Waals surface area contributed by atoms with Crippen LogP contribution in [0.3, 0.4) is 0 Å². The van der Waals surface area contributed by atoms with E-state index >= 15 is 0 Å². The molecule has 0 aliphatic carbocycles. The summed E-state index contributed by atoms with van der Waals surface area (Å²) >= 11 is 4.95. The average molecular weight is 291 g/mol. The highest BCUT2D eigenvalue weighted by Crippen LogP contribution is 2.16. The number of benzene rings is 1. The lowest BCUT2D eigenvalue weighted by molar-refractivity contribution is 0.0761. The summed E-state index contributed by atoms with van der Waals surface area (Å²) in [5.74, 6) is 0.0170. The SMILES string of the molecule is CN(CC1CCCN1C)C(=O)c1cccc(C(N)=S)c1. The van der Waals surface area contributed by atoms with Gasteiger partial charge in [-0.05, 0) is 38.6 Å². The highest BCUT2D eigenvalue weighted by Gasteiger charge is 2.24. The quantitative estimate of drug-likeness (QED) is 0.854. The smallest absolute Gasteiger partial charge is 0.253 e. The maximum Gasteiger partial charge on any atom is 0.253 e. The molecule has 1 aromatic carbocycles. The second-order valence-corrected chi connectivity index (χ2v) is 5.85. The van der Waals surface area contributed by atoms with E-state index in [4.69, 9.17) is 18.0 Å². The normalized spacial score (nSPS) is 19.0. The summed E-state index contributed by atoms with van der Waals surface area (Å²) in [6, 6.07) is 7.67. The van der Waals surface area contributed by atoms with Crippen molar-refractivity contribution < 1.29 is 4.79 Å². The van der Waals surface area contributed by atoms with E-state index in [-0.39, 0.29) is 5.91 Å². The minimum Gasteiger partial charge on any atom is -0.389 e. The fraction of sp³-hybridized carbons (Fsp3) is 0.467. The van der Waals surface area contributed by atoms with Crippen LogP contribution in [0.2, 0.25) is 0 Å². The standard InChI is InChI=1S/C15H21N3OS/c1-17-8-4-7-13(17)10-18(2)15(19)12-6-3-5-11(9-12)14(16)20/h3,5-6,9,13H,4,7-8,10H2,1-2H3,(H2,16,20). The van der Waals surface area contributed by atoms with E-state index in [1.54, 1.807) is 17.0 Å². The van der Waals surface area contributed by atoms with E-state index in [0.29, 0.717) is 16.6 Å². The summed E-state index contributed by atoms with van der Waals surface area (Å²) in [5.41, 5.74) is 6.98.